The quantitative estimate of drug-likeness (QED) is 0.426. The first-order chi connectivity index (χ1) is 16.4. The van der Waals surface area contributed by atoms with E-state index >= 15 is 0 Å². The molecule has 166 valence electrons. The minimum absolute atomic E-state index is 0.00839. The van der Waals surface area contributed by atoms with E-state index in [1.165, 1.54) is 29.2 Å². The van der Waals surface area contributed by atoms with Crippen LogP contribution in [0.2, 0.25) is 5.02 Å². The summed E-state index contributed by atoms with van der Waals surface area (Å²) in [6.07, 6.45) is 8.38. The molecule has 2 aromatic heterocycles. The van der Waals surface area contributed by atoms with Gasteiger partial charge in [-0.2, -0.15) is 5.26 Å². The zero-order valence-electron chi connectivity index (χ0n) is 17.5. The van der Waals surface area contributed by atoms with E-state index in [4.69, 9.17) is 28.0 Å². The van der Waals surface area contributed by atoms with Gasteiger partial charge in [0, 0.05) is 21.7 Å². The van der Waals surface area contributed by atoms with E-state index in [-0.39, 0.29) is 40.9 Å². The van der Waals surface area contributed by atoms with Crippen molar-refractivity contribution in [2.24, 2.45) is 0 Å². The molecule has 0 aliphatic rings. The maximum absolute atomic E-state index is 12.8. The summed E-state index contributed by atoms with van der Waals surface area (Å²) in [5, 5.41) is 19.2. The van der Waals surface area contributed by atoms with Crippen molar-refractivity contribution in [3.63, 3.8) is 0 Å². The van der Waals surface area contributed by atoms with Gasteiger partial charge in [0.25, 0.3) is 5.56 Å². The number of aromatic carboxylic acids is 1. The number of carbonyl (C=O) groups is 1. The SMILES string of the molecule is C#Cc1c(C(=O)O)cccc1-c1cc(Cl)ccc1OCCn1cnc2cnc(C#N)cc2c1=O. The van der Waals surface area contributed by atoms with Crippen molar-refractivity contribution in [1.82, 2.24) is 14.5 Å². The van der Waals surface area contributed by atoms with Crippen molar-refractivity contribution in [2.45, 2.75) is 6.54 Å². The number of ether oxygens (including phenoxy) is 1. The Hall–Kier alpha value is -4.66. The van der Waals surface area contributed by atoms with Crippen LogP contribution >= 0.6 is 11.6 Å². The standard InChI is InChI=1S/C25H15ClN4O4/c1-2-17-18(4-3-5-19(17)25(32)33)20-10-15(26)6-7-23(20)34-9-8-30-14-29-22-13-28-16(12-27)11-21(22)24(30)31/h1,3-7,10-11,13-14H,8-9H2,(H,32,33). The normalized spacial score (nSPS) is 10.4. The second-order valence-electron chi connectivity index (χ2n) is 7.11. The summed E-state index contributed by atoms with van der Waals surface area (Å²) in [6, 6.07) is 12.9. The molecule has 0 bridgehead atoms. The van der Waals surface area contributed by atoms with Crippen molar-refractivity contribution in [3.8, 4) is 35.3 Å². The van der Waals surface area contributed by atoms with E-state index in [0.717, 1.165) is 0 Å². The summed E-state index contributed by atoms with van der Waals surface area (Å²) in [5.74, 6) is 1.72. The lowest BCUT2D eigenvalue weighted by molar-refractivity contribution is 0.0696. The topological polar surface area (TPSA) is 118 Å². The van der Waals surface area contributed by atoms with Gasteiger partial charge in [-0.3, -0.25) is 9.36 Å². The molecular weight excluding hydrogens is 456 g/mol. The van der Waals surface area contributed by atoms with Gasteiger partial charge in [-0.15, -0.1) is 6.42 Å². The molecule has 0 spiro atoms. The number of hydrogen-bond acceptors (Lipinski definition) is 6. The first-order valence-corrected chi connectivity index (χ1v) is 10.3. The number of benzene rings is 2. The Morgan fingerprint density at radius 3 is 2.76 bits per heavy atom. The molecular formula is C25H15ClN4O4. The van der Waals surface area contributed by atoms with Crippen LogP contribution in [0.15, 0.2) is 59.8 Å². The molecule has 9 heteroatoms. The zero-order chi connectivity index (χ0) is 24.2. The second kappa shape index (κ2) is 9.45. The molecule has 34 heavy (non-hydrogen) atoms. The molecule has 0 radical (unpaired) electrons. The van der Waals surface area contributed by atoms with Crippen molar-refractivity contribution in [3.05, 3.63) is 87.2 Å². The Morgan fingerprint density at radius 1 is 1.21 bits per heavy atom. The molecule has 1 N–H and O–H groups in total. The molecule has 8 nitrogen and oxygen atoms in total. The first kappa shape index (κ1) is 22.5. The van der Waals surface area contributed by atoms with Crippen LogP contribution in [0, 0.1) is 23.7 Å². The molecule has 0 saturated heterocycles. The molecule has 0 unspecified atom stereocenters. The predicted molar refractivity (Wildman–Crippen MR) is 126 cm³/mol. The first-order valence-electron chi connectivity index (χ1n) is 9.94. The largest absolute Gasteiger partial charge is 0.491 e. The summed E-state index contributed by atoms with van der Waals surface area (Å²) >= 11 is 6.19. The van der Waals surface area contributed by atoms with Crippen LogP contribution < -0.4 is 10.3 Å². The van der Waals surface area contributed by atoms with E-state index in [1.807, 2.05) is 6.07 Å². The van der Waals surface area contributed by atoms with Gasteiger partial charge in [-0.05, 0) is 30.3 Å². The van der Waals surface area contributed by atoms with E-state index < -0.39 is 5.97 Å². The lowest BCUT2D eigenvalue weighted by atomic mass is 9.95. The van der Waals surface area contributed by atoms with Crippen LogP contribution in [0.5, 0.6) is 5.75 Å². The van der Waals surface area contributed by atoms with E-state index in [1.54, 1.807) is 30.3 Å². The number of carboxylic acid groups (broad SMARTS) is 1. The molecule has 0 aliphatic heterocycles. The predicted octanol–water partition coefficient (Wildman–Crippen LogP) is 3.74. The van der Waals surface area contributed by atoms with Crippen molar-refractivity contribution < 1.29 is 14.6 Å². The van der Waals surface area contributed by atoms with E-state index in [0.29, 0.717) is 27.4 Å². The minimum Gasteiger partial charge on any atom is -0.491 e. The Kier molecular flexibility index (Phi) is 6.26. The monoisotopic (exact) mass is 470 g/mol. The molecule has 2 aromatic carbocycles. The van der Waals surface area contributed by atoms with Crippen LogP contribution in [0.1, 0.15) is 21.6 Å². The molecule has 0 aliphatic carbocycles. The van der Waals surface area contributed by atoms with Crippen molar-refractivity contribution >= 4 is 28.5 Å². The van der Waals surface area contributed by atoms with E-state index in [2.05, 4.69) is 15.9 Å². The lowest BCUT2D eigenvalue weighted by Gasteiger charge is -2.15. The molecule has 0 atom stereocenters. The summed E-state index contributed by atoms with van der Waals surface area (Å²) in [6.45, 7) is 0.271. The Morgan fingerprint density at radius 2 is 2.03 bits per heavy atom. The number of carboxylic acids is 1. The van der Waals surface area contributed by atoms with Crippen molar-refractivity contribution in [2.75, 3.05) is 6.61 Å². The zero-order valence-corrected chi connectivity index (χ0v) is 18.3. The minimum atomic E-state index is -1.14. The lowest BCUT2D eigenvalue weighted by Crippen LogP contribution is -2.23. The van der Waals surface area contributed by atoms with Gasteiger partial charge < -0.3 is 9.84 Å². The van der Waals surface area contributed by atoms with Crippen LogP contribution in [0.3, 0.4) is 0 Å². The molecule has 4 aromatic rings. The fraction of sp³-hybridized carbons (Fsp3) is 0.0800. The fourth-order valence-corrected chi connectivity index (χ4v) is 3.66. The van der Waals surface area contributed by atoms with Crippen LogP contribution in [0.25, 0.3) is 22.0 Å². The number of nitrogens with zero attached hydrogens (tertiary/aromatic N) is 4. The van der Waals surface area contributed by atoms with Gasteiger partial charge in [-0.25, -0.2) is 14.8 Å². The molecule has 0 amide bonds. The van der Waals surface area contributed by atoms with E-state index in [9.17, 15) is 14.7 Å². The fourth-order valence-electron chi connectivity index (χ4n) is 3.48. The van der Waals surface area contributed by atoms with Gasteiger partial charge in [0.1, 0.15) is 24.1 Å². The third-order valence-electron chi connectivity index (χ3n) is 5.09. The highest BCUT2D eigenvalue weighted by atomic mass is 35.5. The number of aromatic nitrogens is 3. The van der Waals surface area contributed by atoms with Crippen molar-refractivity contribution in [1.29, 1.82) is 5.26 Å². The number of pyridine rings is 1. The maximum Gasteiger partial charge on any atom is 0.336 e. The highest BCUT2D eigenvalue weighted by Crippen LogP contribution is 2.35. The summed E-state index contributed by atoms with van der Waals surface area (Å²) < 4.78 is 7.31. The van der Waals surface area contributed by atoms with Gasteiger partial charge in [0.05, 0.1) is 35.5 Å². The smallest absolute Gasteiger partial charge is 0.336 e. The summed E-state index contributed by atoms with van der Waals surface area (Å²) in [5.41, 5.74) is 1.40. The third-order valence-corrected chi connectivity index (χ3v) is 5.32. The molecule has 4 rings (SSSR count). The Labute approximate surface area is 198 Å². The average molecular weight is 471 g/mol. The number of fused-ring (bicyclic) bond motifs is 1. The third kappa shape index (κ3) is 4.31. The summed E-state index contributed by atoms with van der Waals surface area (Å²) in [4.78, 5) is 32.5. The Balaban J connectivity index is 1.64. The summed E-state index contributed by atoms with van der Waals surface area (Å²) in [7, 11) is 0. The van der Waals surface area contributed by atoms with Gasteiger partial charge >= 0.3 is 5.97 Å². The molecule has 0 fully saturated rings. The van der Waals surface area contributed by atoms with Gasteiger partial charge in [0.2, 0.25) is 0 Å². The number of halogens is 1. The molecule has 0 saturated carbocycles. The number of terminal acetylenes is 1. The Bertz CT molecular complexity index is 1580. The number of hydrogen-bond donors (Lipinski definition) is 1. The van der Waals surface area contributed by atoms with Gasteiger partial charge in [-0.1, -0.05) is 29.7 Å². The van der Waals surface area contributed by atoms with Crippen LogP contribution in [-0.2, 0) is 6.54 Å². The second-order valence-corrected chi connectivity index (χ2v) is 7.54. The number of rotatable bonds is 6. The number of nitriles is 1. The highest BCUT2D eigenvalue weighted by Gasteiger charge is 2.17. The highest BCUT2D eigenvalue weighted by molar-refractivity contribution is 6.31. The molecule has 2 heterocycles. The average Bonchev–Trinajstić information content (AvgIpc) is 2.85. The van der Waals surface area contributed by atoms with Gasteiger partial charge in [0.15, 0.2) is 0 Å². The van der Waals surface area contributed by atoms with Crippen LogP contribution in [0.4, 0.5) is 0 Å². The van der Waals surface area contributed by atoms with Crippen LogP contribution in [-0.4, -0.2) is 32.2 Å². The maximum atomic E-state index is 12.8.